The molecule has 0 spiro atoms. The minimum Gasteiger partial charge on any atom is -0.756 e. The molecule has 0 bridgehead atoms. The largest absolute Gasteiger partial charge is 0.756 e. The number of nitrogens with zero attached hydrogens (tertiary/aromatic N) is 1. The monoisotopic (exact) mass is 690 g/mol. The average molecular weight is 690 g/mol. The third kappa shape index (κ3) is 36.3. The van der Waals surface area contributed by atoms with Crippen LogP contribution in [0.5, 0.6) is 0 Å². The van der Waals surface area contributed by atoms with Gasteiger partial charge in [-0.15, -0.1) is 0 Å². The molecule has 9 heteroatoms. The van der Waals surface area contributed by atoms with Gasteiger partial charge in [0.25, 0.3) is 7.82 Å². The zero-order chi connectivity index (χ0) is 34.9. The van der Waals surface area contributed by atoms with E-state index in [1.165, 1.54) is 116 Å². The third-order valence-corrected chi connectivity index (χ3v) is 9.28. The van der Waals surface area contributed by atoms with Crippen molar-refractivity contribution in [2.24, 2.45) is 0 Å². The first-order valence-corrected chi connectivity index (χ1v) is 20.9. The van der Waals surface area contributed by atoms with Crippen molar-refractivity contribution in [3.05, 3.63) is 12.2 Å². The van der Waals surface area contributed by atoms with Gasteiger partial charge in [-0.25, -0.2) is 0 Å². The number of carbonyl (C=O) groups is 1. The van der Waals surface area contributed by atoms with Gasteiger partial charge in [0.2, 0.25) is 0 Å². The summed E-state index contributed by atoms with van der Waals surface area (Å²) >= 11 is 0. The Morgan fingerprint density at radius 2 is 1.13 bits per heavy atom. The van der Waals surface area contributed by atoms with Crippen molar-refractivity contribution in [3.8, 4) is 0 Å². The number of rotatable bonds is 36. The summed E-state index contributed by atoms with van der Waals surface area (Å²) in [7, 11) is 1.36. The Kier molecular flexibility index (Phi) is 31.9. The molecule has 280 valence electrons. The Morgan fingerprint density at radius 3 is 1.68 bits per heavy atom. The number of phosphoric ester groups is 1. The van der Waals surface area contributed by atoms with Gasteiger partial charge in [-0.1, -0.05) is 142 Å². The van der Waals surface area contributed by atoms with Crippen LogP contribution in [-0.4, -0.2) is 70.7 Å². The molecule has 0 heterocycles. The summed E-state index contributed by atoms with van der Waals surface area (Å²) in [5.74, 6) is -0.336. The van der Waals surface area contributed by atoms with Crippen molar-refractivity contribution >= 4 is 13.8 Å². The van der Waals surface area contributed by atoms with E-state index in [4.69, 9.17) is 18.5 Å². The number of hydrogen-bond donors (Lipinski definition) is 0. The lowest BCUT2D eigenvalue weighted by molar-refractivity contribution is -0.870. The van der Waals surface area contributed by atoms with E-state index in [1.807, 2.05) is 21.1 Å². The van der Waals surface area contributed by atoms with Gasteiger partial charge in [0.15, 0.2) is 0 Å². The van der Waals surface area contributed by atoms with Crippen LogP contribution in [0.3, 0.4) is 0 Å². The molecule has 0 aliphatic carbocycles. The molecule has 0 N–H and O–H groups in total. The quantitative estimate of drug-likeness (QED) is 0.0212. The maximum atomic E-state index is 12.6. The van der Waals surface area contributed by atoms with Crippen LogP contribution in [0.4, 0.5) is 0 Å². The Hall–Kier alpha value is -0.760. The fourth-order valence-corrected chi connectivity index (χ4v) is 5.96. The molecule has 0 aromatic rings. The lowest BCUT2D eigenvalue weighted by Gasteiger charge is -2.28. The average Bonchev–Trinajstić information content (AvgIpc) is 3.01. The molecule has 0 aromatic carbocycles. The van der Waals surface area contributed by atoms with E-state index < -0.39 is 13.9 Å². The highest BCUT2D eigenvalue weighted by molar-refractivity contribution is 7.45. The fourth-order valence-electron chi connectivity index (χ4n) is 5.23. The first kappa shape index (κ1) is 46.2. The SMILES string of the molecule is CCCC/C=C\CCCCCCCCOCC(COP(=O)([O-])OCC[N+](C)(C)C)OC(=O)CCCCCCCCCCCCCCC. The van der Waals surface area contributed by atoms with Crippen LogP contribution >= 0.6 is 7.82 Å². The van der Waals surface area contributed by atoms with Crippen LogP contribution in [-0.2, 0) is 27.9 Å². The van der Waals surface area contributed by atoms with Crippen LogP contribution in [0.25, 0.3) is 0 Å². The minimum absolute atomic E-state index is 0.0277. The molecule has 0 fully saturated rings. The number of hydrogen-bond acceptors (Lipinski definition) is 7. The van der Waals surface area contributed by atoms with Crippen molar-refractivity contribution in [1.29, 1.82) is 0 Å². The van der Waals surface area contributed by atoms with Gasteiger partial charge in [0.05, 0.1) is 34.4 Å². The summed E-state index contributed by atoms with van der Waals surface area (Å²) in [6, 6.07) is 0. The number of likely N-dealkylation sites (N-methyl/N-ethyl adjacent to an activating group) is 1. The fraction of sp³-hybridized carbons (Fsp3) is 0.921. The van der Waals surface area contributed by atoms with E-state index in [9.17, 15) is 14.3 Å². The molecule has 2 unspecified atom stereocenters. The van der Waals surface area contributed by atoms with E-state index in [-0.39, 0.29) is 25.8 Å². The summed E-state index contributed by atoms with van der Waals surface area (Å²) in [6.45, 7) is 5.37. The Labute approximate surface area is 290 Å². The predicted molar refractivity (Wildman–Crippen MR) is 194 cm³/mol. The van der Waals surface area contributed by atoms with Crippen molar-refractivity contribution in [3.63, 3.8) is 0 Å². The van der Waals surface area contributed by atoms with Gasteiger partial charge in [0.1, 0.15) is 19.3 Å². The number of unbranched alkanes of at least 4 members (excludes halogenated alkanes) is 20. The number of quaternary nitrogens is 1. The van der Waals surface area contributed by atoms with E-state index >= 15 is 0 Å². The number of carbonyl (C=O) groups excluding carboxylic acids is 1. The highest BCUT2D eigenvalue weighted by atomic mass is 31.2. The Bertz CT molecular complexity index is 772. The molecule has 0 aliphatic heterocycles. The molecular formula is C38H76NO7P. The molecule has 0 amide bonds. The second kappa shape index (κ2) is 32.4. The molecule has 47 heavy (non-hydrogen) atoms. The first-order chi connectivity index (χ1) is 22.6. The first-order valence-electron chi connectivity index (χ1n) is 19.4. The van der Waals surface area contributed by atoms with Gasteiger partial charge < -0.3 is 27.9 Å². The molecule has 0 saturated carbocycles. The number of allylic oxidation sites excluding steroid dienone is 2. The molecule has 2 atom stereocenters. The molecule has 8 nitrogen and oxygen atoms in total. The van der Waals surface area contributed by atoms with Gasteiger partial charge in [-0.3, -0.25) is 9.36 Å². The van der Waals surface area contributed by atoms with Gasteiger partial charge in [0, 0.05) is 13.0 Å². The summed E-state index contributed by atoms with van der Waals surface area (Å²) in [4.78, 5) is 24.9. The van der Waals surface area contributed by atoms with E-state index in [1.54, 1.807) is 0 Å². The van der Waals surface area contributed by atoms with E-state index in [0.717, 1.165) is 32.1 Å². The normalized spacial score (nSPS) is 14.1. The summed E-state index contributed by atoms with van der Waals surface area (Å²) in [5.41, 5.74) is 0. The van der Waals surface area contributed by atoms with Gasteiger partial charge in [-0.05, 0) is 32.1 Å². The van der Waals surface area contributed by atoms with Gasteiger partial charge >= 0.3 is 5.97 Å². The van der Waals surface area contributed by atoms with Crippen LogP contribution in [0.2, 0.25) is 0 Å². The minimum atomic E-state index is -4.51. The highest BCUT2D eigenvalue weighted by Gasteiger charge is 2.20. The lowest BCUT2D eigenvalue weighted by Crippen LogP contribution is -2.37. The smallest absolute Gasteiger partial charge is 0.306 e. The maximum Gasteiger partial charge on any atom is 0.306 e. The lowest BCUT2D eigenvalue weighted by atomic mass is 10.0. The van der Waals surface area contributed by atoms with Crippen molar-refractivity contribution < 1.29 is 37.3 Å². The van der Waals surface area contributed by atoms with Crippen molar-refractivity contribution in [2.75, 3.05) is 54.1 Å². The van der Waals surface area contributed by atoms with Crippen LogP contribution in [0.15, 0.2) is 12.2 Å². The summed E-state index contributed by atoms with van der Waals surface area (Å²) in [5, 5.41) is 0. The second-order valence-electron chi connectivity index (χ2n) is 14.3. The molecule has 0 aliphatic rings. The molecule has 0 aromatic heterocycles. The standard InChI is InChI=1S/C38H76NO7P/c1-6-8-10-12-14-16-18-20-21-23-25-27-29-31-38(40)46-37(36-45-47(41,42)44-34-32-39(3,4)5)35-43-33-30-28-26-24-22-19-17-15-13-11-9-7-2/h13,15,37H,6-12,14,16-36H2,1-5H3/b15-13-. The van der Waals surface area contributed by atoms with E-state index in [0.29, 0.717) is 24.1 Å². The topological polar surface area (TPSA) is 94.1 Å². The second-order valence-corrected chi connectivity index (χ2v) is 15.7. The number of esters is 1. The van der Waals surface area contributed by atoms with Crippen LogP contribution in [0, 0.1) is 0 Å². The van der Waals surface area contributed by atoms with Crippen LogP contribution < -0.4 is 4.89 Å². The summed E-state index contributed by atoms with van der Waals surface area (Å²) in [6.07, 6.45) is 32.1. The maximum absolute atomic E-state index is 12.6. The highest BCUT2D eigenvalue weighted by Crippen LogP contribution is 2.38. The number of phosphoric acid groups is 1. The van der Waals surface area contributed by atoms with E-state index in [2.05, 4.69) is 26.0 Å². The molecule has 0 rings (SSSR count). The Balaban J connectivity index is 4.29. The third-order valence-electron chi connectivity index (χ3n) is 8.32. The van der Waals surface area contributed by atoms with Gasteiger partial charge in [-0.2, -0.15) is 0 Å². The molecule has 0 radical (unpaired) electrons. The zero-order valence-electron chi connectivity index (χ0n) is 31.5. The zero-order valence-corrected chi connectivity index (χ0v) is 32.4. The summed E-state index contributed by atoms with van der Waals surface area (Å²) < 4.78 is 34.4. The molecule has 0 saturated heterocycles. The van der Waals surface area contributed by atoms with Crippen LogP contribution in [0.1, 0.15) is 168 Å². The van der Waals surface area contributed by atoms with Crippen molar-refractivity contribution in [1.82, 2.24) is 0 Å². The Morgan fingerprint density at radius 1 is 0.638 bits per heavy atom. The predicted octanol–water partition coefficient (Wildman–Crippen LogP) is 10.1. The molecular weight excluding hydrogens is 613 g/mol. The van der Waals surface area contributed by atoms with Crippen molar-refractivity contribution in [2.45, 2.75) is 174 Å². The number of ether oxygens (including phenoxy) is 2.